The molecule has 0 saturated heterocycles. The van der Waals surface area contributed by atoms with Gasteiger partial charge in [0.15, 0.2) is 0 Å². The minimum Gasteiger partial charge on any atom is -0.394 e. The Kier molecular flexibility index (Phi) is 6.31. The molecular weight excluding hydrogens is 248 g/mol. The molecular formula is C17H34N2O. The van der Waals surface area contributed by atoms with Gasteiger partial charge in [-0.25, -0.2) is 0 Å². The third-order valence-electron chi connectivity index (χ3n) is 5.31. The number of aliphatic hydroxyl groups excluding tert-OH is 1. The normalized spacial score (nSPS) is 30.3. The molecule has 0 aromatic rings. The first-order valence-electron chi connectivity index (χ1n) is 8.82. The van der Waals surface area contributed by atoms with Crippen LogP contribution in [0.15, 0.2) is 0 Å². The molecule has 0 heterocycles. The van der Waals surface area contributed by atoms with E-state index in [1.807, 2.05) is 0 Å². The Morgan fingerprint density at radius 3 is 2.60 bits per heavy atom. The van der Waals surface area contributed by atoms with Crippen LogP contribution in [-0.4, -0.2) is 48.3 Å². The third kappa shape index (κ3) is 4.19. The molecule has 2 aliphatic rings. The Morgan fingerprint density at radius 1 is 1.20 bits per heavy atom. The average molecular weight is 282 g/mol. The quantitative estimate of drug-likeness (QED) is 0.646. The Labute approximate surface area is 125 Å². The molecule has 0 spiro atoms. The first-order chi connectivity index (χ1) is 9.74. The lowest BCUT2D eigenvalue weighted by atomic mass is 9.85. The van der Waals surface area contributed by atoms with Gasteiger partial charge in [-0.1, -0.05) is 20.3 Å². The van der Waals surface area contributed by atoms with Gasteiger partial charge in [0.05, 0.1) is 6.61 Å². The Hall–Kier alpha value is -0.120. The van der Waals surface area contributed by atoms with E-state index in [9.17, 15) is 5.11 Å². The van der Waals surface area contributed by atoms with E-state index >= 15 is 0 Å². The molecule has 20 heavy (non-hydrogen) atoms. The summed E-state index contributed by atoms with van der Waals surface area (Å²) in [6.45, 7) is 9.50. The van der Waals surface area contributed by atoms with Crippen molar-refractivity contribution in [2.45, 2.75) is 64.3 Å². The van der Waals surface area contributed by atoms with E-state index in [0.29, 0.717) is 12.5 Å². The molecule has 118 valence electrons. The molecule has 3 nitrogen and oxygen atoms in total. The highest BCUT2D eigenvalue weighted by atomic mass is 16.3. The second-order valence-electron chi connectivity index (χ2n) is 6.97. The van der Waals surface area contributed by atoms with Gasteiger partial charge in [0.1, 0.15) is 0 Å². The molecule has 0 aromatic heterocycles. The topological polar surface area (TPSA) is 35.5 Å². The lowest BCUT2D eigenvalue weighted by molar-refractivity contribution is 0.112. The van der Waals surface area contributed by atoms with Crippen molar-refractivity contribution in [3.8, 4) is 0 Å². The number of nitrogens with one attached hydrogen (secondary N) is 1. The number of likely N-dealkylation sites (N-methyl/N-ethyl adjacent to an activating group) is 1. The summed E-state index contributed by atoms with van der Waals surface area (Å²) in [5.41, 5.74) is 0.0201. The summed E-state index contributed by atoms with van der Waals surface area (Å²) in [6, 6.07) is 0. The highest BCUT2D eigenvalue weighted by Crippen LogP contribution is 2.38. The second-order valence-corrected chi connectivity index (χ2v) is 6.97. The predicted octanol–water partition coefficient (Wildman–Crippen LogP) is 2.64. The smallest absolute Gasteiger partial charge is 0.0616 e. The molecule has 2 atom stereocenters. The summed E-state index contributed by atoms with van der Waals surface area (Å²) in [4.78, 5) is 2.67. The van der Waals surface area contributed by atoms with Gasteiger partial charge in [-0.05, 0) is 70.0 Å². The van der Waals surface area contributed by atoms with Crippen LogP contribution in [0.4, 0.5) is 0 Å². The molecule has 0 radical (unpaired) electrons. The van der Waals surface area contributed by atoms with Gasteiger partial charge < -0.3 is 15.3 Å². The molecule has 0 aromatic carbocycles. The molecule has 0 aliphatic heterocycles. The highest BCUT2D eigenvalue weighted by molar-refractivity contribution is 4.99. The molecule has 2 saturated carbocycles. The molecule has 0 amide bonds. The van der Waals surface area contributed by atoms with Crippen LogP contribution >= 0.6 is 0 Å². The van der Waals surface area contributed by atoms with Gasteiger partial charge >= 0.3 is 0 Å². The van der Waals surface area contributed by atoms with E-state index in [2.05, 4.69) is 24.1 Å². The second kappa shape index (κ2) is 7.77. The van der Waals surface area contributed by atoms with Crippen LogP contribution < -0.4 is 5.32 Å². The summed E-state index contributed by atoms with van der Waals surface area (Å²) in [5.74, 6) is 1.65. The third-order valence-corrected chi connectivity index (χ3v) is 5.31. The van der Waals surface area contributed by atoms with Crippen LogP contribution in [0, 0.1) is 11.8 Å². The van der Waals surface area contributed by atoms with Crippen molar-refractivity contribution in [3.05, 3.63) is 0 Å². The van der Waals surface area contributed by atoms with Crippen LogP contribution in [0.3, 0.4) is 0 Å². The number of aliphatic hydroxyl groups is 1. The monoisotopic (exact) mass is 282 g/mol. The molecule has 2 fully saturated rings. The minimum absolute atomic E-state index is 0.0201. The zero-order valence-electron chi connectivity index (χ0n) is 13.5. The zero-order valence-corrected chi connectivity index (χ0v) is 13.5. The largest absolute Gasteiger partial charge is 0.394 e. The standard InChI is InChI=1S/C17H34N2O/c1-3-11-19(13-15-7-8-15)12-9-16-6-5-10-17(16,14-20)18-4-2/h15-16,18,20H,3-14H2,1-2H3. The summed E-state index contributed by atoms with van der Waals surface area (Å²) in [6.07, 6.45) is 9.11. The Balaban J connectivity index is 1.83. The maximum atomic E-state index is 9.87. The molecule has 2 N–H and O–H groups in total. The van der Waals surface area contributed by atoms with Gasteiger partial charge in [-0.2, -0.15) is 0 Å². The average Bonchev–Trinajstić information content (AvgIpc) is 3.17. The zero-order chi connectivity index (χ0) is 14.4. The van der Waals surface area contributed by atoms with Gasteiger partial charge in [0, 0.05) is 12.1 Å². The van der Waals surface area contributed by atoms with Crippen molar-refractivity contribution in [1.82, 2.24) is 10.2 Å². The van der Waals surface area contributed by atoms with E-state index < -0.39 is 0 Å². The number of hydrogen-bond donors (Lipinski definition) is 2. The van der Waals surface area contributed by atoms with Gasteiger partial charge in [-0.15, -0.1) is 0 Å². The number of hydrogen-bond acceptors (Lipinski definition) is 3. The van der Waals surface area contributed by atoms with Gasteiger partial charge in [0.25, 0.3) is 0 Å². The molecule has 2 unspecified atom stereocenters. The van der Waals surface area contributed by atoms with E-state index in [0.717, 1.165) is 18.9 Å². The van der Waals surface area contributed by atoms with Crippen molar-refractivity contribution >= 4 is 0 Å². The van der Waals surface area contributed by atoms with Crippen LogP contribution in [0.5, 0.6) is 0 Å². The first kappa shape index (κ1) is 16.3. The number of nitrogens with zero attached hydrogens (tertiary/aromatic N) is 1. The van der Waals surface area contributed by atoms with E-state index in [1.54, 1.807) is 0 Å². The summed E-state index contributed by atoms with van der Waals surface area (Å²) >= 11 is 0. The van der Waals surface area contributed by atoms with Gasteiger partial charge in [-0.3, -0.25) is 0 Å². The molecule has 2 aliphatic carbocycles. The van der Waals surface area contributed by atoms with Crippen molar-refractivity contribution < 1.29 is 5.11 Å². The molecule has 3 heteroatoms. The fourth-order valence-corrected chi connectivity index (χ4v) is 4.03. The maximum Gasteiger partial charge on any atom is 0.0616 e. The SMILES string of the molecule is CCCN(CCC1CCCC1(CO)NCC)CC1CC1. The van der Waals surface area contributed by atoms with Crippen LogP contribution in [0.1, 0.15) is 58.8 Å². The van der Waals surface area contributed by atoms with E-state index in [4.69, 9.17) is 0 Å². The highest BCUT2D eigenvalue weighted by Gasteiger charge is 2.41. The Morgan fingerprint density at radius 2 is 2.00 bits per heavy atom. The van der Waals surface area contributed by atoms with E-state index in [-0.39, 0.29) is 5.54 Å². The van der Waals surface area contributed by atoms with Crippen molar-refractivity contribution in [3.63, 3.8) is 0 Å². The fourth-order valence-electron chi connectivity index (χ4n) is 4.03. The summed E-state index contributed by atoms with van der Waals surface area (Å²) in [5, 5.41) is 13.5. The van der Waals surface area contributed by atoms with Crippen LogP contribution in [0.2, 0.25) is 0 Å². The van der Waals surface area contributed by atoms with Crippen molar-refractivity contribution in [1.29, 1.82) is 0 Å². The Bertz CT molecular complexity index is 280. The lowest BCUT2D eigenvalue weighted by Crippen LogP contribution is -2.52. The van der Waals surface area contributed by atoms with Gasteiger partial charge in [0.2, 0.25) is 0 Å². The minimum atomic E-state index is 0.0201. The number of rotatable bonds is 10. The maximum absolute atomic E-state index is 9.87. The molecule has 2 rings (SSSR count). The fraction of sp³-hybridized carbons (Fsp3) is 1.00. The lowest BCUT2D eigenvalue weighted by Gasteiger charge is -2.36. The molecule has 0 bridgehead atoms. The van der Waals surface area contributed by atoms with E-state index in [1.165, 1.54) is 58.2 Å². The van der Waals surface area contributed by atoms with Crippen LogP contribution in [-0.2, 0) is 0 Å². The van der Waals surface area contributed by atoms with Crippen LogP contribution in [0.25, 0.3) is 0 Å². The van der Waals surface area contributed by atoms with Crippen molar-refractivity contribution in [2.24, 2.45) is 11.8 Å². The van der Waals surface area contributed by atoms with Crippen molar-refractivity contribution in [2.75, 3.05) is 32.8 Å². The summed E-state index contributed by atoms with van der Waals surface area (Å²) < 4.78 is 0. The predicted molar refractivity (Wildman–Crippen MR) is 84.9 cm³/mol. The first-order valence-corrected chi connectivity index (χ1v) is 8.82. The summed E-state index contributed by atoms with van der Waals surface area (Å²) in [7, 11) is 0.